The van der Waals surface area contributed by atoms with Crippen LogP contribution in [0, 0.1) is 12.8 Å². The van der Waals surface area contributed by atoms with Crippen LogP contribution < -0.4 is 0 Å². The van der Waals surface area contributed by atoms with Gasteiger partial charge in [-0.25, -0.2) is 4.98 Å². The van der Waals surface area contributed by atoms with Gasteiger partial charge in [-0.15, -0.1) is 0 Å². The van der Waals surface area contributed by atoms with Crippen molar-refractivity contribution >= 4 is 5.91 Å². The zero-order valence-corrected chi connectivity index (χ0v) is 12.7. The predicted molar refractivity (Wildman–Crippen MR) is 77.1 cm³/mol. The maximum Gasteiger partial charge on any atom is 0.276 e. The molecule has 0 radical (unpaired) electrons. The molecule has 1 saturated carbocycles. The second-order valence-electron chi connectivity index (χ2n) is 6.17. The van der Waals surface area contributed by atoms with Gasteiger partial charge >= 0.3 is 0 Å². The number of nitrogens with zero attached hydrogens (tertiary/aromatic N) is 3. The molecule has 6 nitrogen and oxygen atoms in total. The molecule has 0 unspecified atom stereocenters. The third-order valence-corrected chi connectivity index (χ3v) is 4.18. The average molecular weight is 293 g/mol. The maximum absolute atomic E-state index is 12.7. The lowest BCUT2D eigenvalue weighted by molar-refractivity contribution is -0.0332. The molecule has 0 spiro atoms. The van der Waals surface area contributed by atoms with E-state index >= 15 is 0 Å². The van der Waals surface area contributed by atoms with Crippen molar-refractivity contribution in [1.29, 1.82) is 0 Å². The number of morpholine rings is 1. The summed E-state index contributed by atoms with van der Waals surface area (Å²) in [7, 11) is 2.09. The molecule has 1 aromatic rings. The maximum atomic E-state index is 12.7. The van der Waals surface area contributed by atoms with Gasteiger partial charge in [0.25, 0.3) is 5.91 Å². The van der Waals surface area contributed by atoms with Gasteiger partial charge in [-0.1, -0.05) is 0 Å². The number of aromatic nitrogens is 1. The fraction of sp³-hybridized carbons (Fsp3) is 0.733. The molecule has 1 aliphatic carbocycles. The van der Waals surface area contributed by atoms with Gasteiger partial charge in [0.15, 0.2) is 12.1 Å². The highest BCUT2D eigenvalue weighted by atomic mass is 16.5. The third kappa shape index (κ3) is 3.63. The minimum atomic E-state index is -0.0371. The molecule has 1 amide bonds. The average Bonchev–Trinajstić information content (AvgIpc) is 3.17. The van der Waals surface area contributed by atoms with Crippen molar-refractivity contribution in [1.82, 2.24) is 14.8 Å². The van der Waals surface area contributed by atoms with Gasteiger partial charge in [0.05, 0.1) is 12.7 Å². The molecule has 1 aliphatic heterocycles. The lowest BCUT2D eigenvalue weighted by atomic mass is 10.2. The molecule has 3 rings (SSSR count). The van der Waals surface area contributed by atoms with Crippen molar-refractivity contribution in [3.8, 4) is 0 Å². The van der Waals surface area contributed by atoms with Crippen LogP contribution in [0.1, 0.15) is 29.1 Å². The highest BCUT2D eigenvalue weighted by Gasteiger charge is 2.31. The highest BCUT2D eigenvalue weighted by Crippen LogP contribution is 2.30. The fourth-order valence-electron chi connectivity index (χ4n) is 2.74. The lowest BCUT2D eigenvalue weighted by Crippen LogP contribution is -2.48. The summed E-state index contributed by atoms with van der Waals surface area (Å²) >= 11 is 0. The zero-order chi connectivity index (χ0) is 14.8. The molecule has 0 bridgehead atoms. The van der Waals surface area contributed by atoms with Gasteiger partial charge in [-0.05, 0) is 32.7 Å². The number of ether oxygens (including phenoxy) is 1. The molecular formula is C15H23N3O3. The Morgan fingerprint density at radius 1 is 1.48 bits per heavy atom. The SMILES string of the molecule is Cc1ocnc1C(=O)N(CC1CC1)C[C@H]1CN(C)CCO1. The smallest absolute Gasteiger partial charge is 0.276 e. The summed E-state index contributed by atoms with van der Waals surface area (Å²) in [4.78, 5) is 20.9. The Morgan fingerprint density at radius 2 is 2.29 bits per heavy atom. The first-order valence-corrected chi connectivity index (χ1v) is 7.63. The Hall–Kier alpha value is -1.40. The van der Waals surface area contributed by atoms with Crippen LogP contribution in [-0.4, -0.2) is 66.6 Å². The molecule has 1 aromatic heterocycles. The van der Waals surface area contributed by atoms with Gasteiger partial charge in [-0.3, -0.25) is 4.79 Å². The molecular weight excluding hydrogens is 270 g/mol. The molecule has 2 fully saturated rings. The van der Waals surface area contributed by atoms with Gasteiger partial charge in [0, 0.05) is 26.2 Å². The second-order valence-corrected chi connectivity index (χ2v) is 6.17. The highest BCUT2D eigenvalue weighted by molar-refractivity contribution is 5.93. The predicted octanol–water partition coefficient (Wildman–Crippen LogP) is 1.17. The van der Waals surface area contributed by atoms with E-state index in [4.69, 9.17) is 9.15 Å². The minimum absolute atomic E-state index is 0.0371. The molecule has 1 atom stereocenters. The van der Waals surface area contributed by atoms with E-state index in [1.807, 2.05) is 4.90 Å². The number of aryl methyl sites for hydroxylation is 1. The molecule has 1 saturated heterocycles. The first kappa shape index (κ1) is 14.5. The van der Waals surface area contributed by atoms with Crippen LogP contribution in [0.5, 0.6) is 0 Å². The molecule has 2 heterocycles. The molecule has 6 heteroatoms. The van der Waals surface area contributed by atoms with Crippen LogP contribution in [0.25, 0.3) is 0 Å². The van der Waals surface area contributed by atoms with Crippen molar-refractivity contribution in [2.45, 2.75) is 25.9 Å². The largest absolute Gasteiger partial charge is 0.448 e. The van der Waals surface area contributed by atoms with Crippen LogP contribution in [0.4, 0.5) is 0 Å². The standard InChI is InChI=1S/C15H23N3O3/c1-11-14(16-10-21-11)15(19)18(7-12-3-4-12)9-13-8-17(2)5-6-20-13/h10,12-13H,3-9H2,1-2H3/t13-/m1/s1. The van der Waals surface area contributed by atoms with Crippen LogP contribution in [-0.2, 0) is 4.74 Å². The summed E-state index contributed by atoms with van der Waals surface area (Å²) in [6.07, 6.45) is 3.85. The number of likely N-dealkylation sites (N-methyl/N-ethyl adjacent to an activating group) is 1. The third-order valence-electron chi connectivity index (χ3n) is 4.18. The van der Waals surface area contributed by atoms with E-state index in [2.05, 4.69) is 16.9 Å². The van der Waals surface area contributed by atoms with Crippen molar-refractivity contribution in [3.63, 3.8) is 0 Å². The van der Waals surface area contributed by atoms with E-state index in [0.29, 0.717) is 23.9 Å². The van der Waals surface area contributed by atoms with Gasteiger partial charge in [-0.2, -0.15) is 0 Å². The number of oxazole rings is 1. The Labute approximate surface area is 125 Å². The summed E-state index contributed by atoms with van der Waals surface area (Å²) < 4.78 is 11.0. The molecule has 0 N–H and O–H groups in total. The van der Waals surface area contributed by atoms with Gasteiger partial charge < -0.3 is 19.0 Å². The quantitative estimate of drug-likeness (QED) is 0.815. The Morgan fingerprint density at radius 3 is 2.90 bits per heavy atom. The molecule has 0 aromatic carbocycles. The number of carbonyl (C=O) groups is 1. The fourth-order valence-corrected chi connectivity index (χ4v) is 2.74. The van der Waals surface area contributed by atoms with Gasteiger partial charge in [0.2, 0.25) is 0 Å². The van der Waals surface area contributed by atoms with Crippen molar-refractivity contribution in [3.05, 3.63) is 17.8 Å². The Balaban J connectivity index is 1.68. The first-order valence-electron chi connectivity index (χ1n) is 7.63. The van der Waals surface area contributed by atoms with Crippen molar-refractivity contribution in [2.75, 3.05) is 39.8 Å². The van der Waals surface area contributed by atoms with E-state index < -0.39 is 0 Å². The van der Waals surface area contributed by atoms with Crippen LogP contribution in [0.2, 0.25) is 0 Å². The van der Waals surface area contributed by atoms with E-state index in [1.54, 1.807) is 6.92 Å². The van der Waals surface area contributed by atoms with E-state index in [9.17, 15) is 4.79 Å². The van der Waals surface area contributed by atoms with E-state index in [0.717, 1.165) is 26.2 Å². The summed E-state index contributed by atoms with van der Waals surface area (Å²) in [5.74, 6) is 1.19. The number of hydrogen-bond acceptors (Lipinski definition) is 5. The number of amides is 1. The summed E-state index contributed by atoms with van der Waals surface area (Å²) in [5.41, 5.74) is 0.430. The van der Waals surface area contributed by atoms with Gasteiger partial charge in [0.1, 0.15) is 5.76 Å². The number of hydrogen-bond donors (Lipinski definition) is 0. The first-order chi connectivity index (χ1) is 10.1. The van der Waals surface area contributed by atoms with Crippen LogP contribution in [0.3, 0.4) is 0 Å². The molecule has 2 aliphatic rings. The van der Waals surface area contributed by atoms with Crippen LogP contribution in [0.15, 0.2) is 10.8 Å². The zero-order valence-electron chi connectivity index (χ0n) is 12.7. The second kappa shape index (κ2) is 6.15. The normalized spacial score (nSPS) is 23.2. The van der Waals surface area contributed by atoms with E-state index in [-0.39, 0.29) is 12.0 Å². The topological polar surface area (TPSA) is 58.8 Å². The molecule has 21 heavy (non-hydrogen) atoms. The van der Waals surface area contributed by atoms with Crippen molar-refractivity contribution < 1.29 is 13.9 Å². The monoisotopic (exact) mass is 293 g/mol. The minimum Gasteiger partial charge on any atom is -0.448 e. The molecule has 116 valence electrons. The number of carbonyl (C=O) groups excluding carboxylic acids is 1. The Kier molecular flexibility index (Phi) is 4.26. The van der Waals surface area contributed by atoms with Crippen LogP contribution >= 0.6 is 0 Å². The summed E-state index contributed by atoms with van der Waals surface area (Å²) in [5, 5.41) is 0. The van der Waals surface area contributed by atoms with Crippen molar-refractivity contribution in [2.24, 2.45) is 5.92 Å². The number of rotatable bonds is 5. The lowest BCUT2D eigenvalue weighted by Gasteiger charge is -2.33. The summed E-state index contributed by atoms with van der Waals surface area (Å²) in [6, 6.07) is 0. The van der Waals surface area contributed by atoms with E-state index in [1.165, 1.54) is 19.2 Å². The Bertz CT molecular complexity index is 498. The summed E-state index contributed by atoms with van der Waals surface area (Å²) in [6.45, 7) is 5.76.